The molecule has 48 heavy (non-hydrogen) atoms. The Labute approximate surface area is 282 Å². The number of carbonyl (C=O) groups is 2. The van der Waals surface area contributed by atoms with Crippen LogP contribution in [-0.2, 0) is 38.6 Å². The third-order valence-electron chi connectivity index (χ3n) is 8.39. The van der Waals surface area contributed by atoms with Crippen LogP contribution in [0, 0.1) is 0 Å². The van der Waals surface area contributed by atoms with Gasteiger partial charge in [0.15, 0.2) is 6.29 Å². The van der Waals surface area contributed by atoms with Crippen molar-refractivity contribution in [2.75, 3.05) is 31.2 Å². The normalized spacial score (nSPS) is 17.6. The Kier molecular flexibility index (Phi) is 12.7. The average molecular weight is 652 g/mol. The van der Waals surface area contributed by atoms with E-state index in [1.54, 1.807) is 24.3 Å². The number of likely N-dealkylation sites (N-methyl/N-ethyl adjacent to an activating group) is 1. The number of para-hydroxylation sites is 2. The second kappa shape index (κ2) is 17.5. The molecule has 0 aliphatic carbocycles. The first-order valence-electron chi connectivity index (χ1n) is 16.4. The molecule has 1 aromatic heterocycles. The Morgan fingerprint density at radius 3 is 2.33 bits per heavy atom. The number of pyridine rings is 1. The van der Waals surface area contributed by atoms with E-state index in [1.807, 2.05) is 72.9 Å². The zero-order valence-electron chi connectivity index (χ0n) is 27.4. The average Bonchev–Trinajstić information content (AvgIpc) is 3.11. The quantitative estimate of drug-likeness (QED) is 0.127. The lowest BCUT2D eigenvalue weighted by atomic mass is 9.99. The van der Waals surface area contributed by atoms with Crippen LogP contribution in [-0.4, -0.2) is 53.0 Å². The molecule has 1 fully saturated rings. The number of nitrogen functional groups attached to an aromatic ring is 1. The minimum Gasteiger partial charge on any atom is -0.397 e. The molecule has 252 valence electrons. The molecule has 5 rings (SSSR count). The summed E-state index contributed by atoms with van der Waals surface area (Å²) in [4.78, 5) is 31.4. The first-order chi connectivity index (χ1) is 23.4. The minimum absolute atomic E-state index is 0.00409. The van der Waals surface area contributed by atoms with Gasteiger partial charge in [-0.05, 0) is 54.4 Å². The molecule has 2 heterocycles. The van der Waals surface area contributed by atoms with E-state index in [4.69, 9.17) is 15.2 Å². The van der Waals surface area contributed by atoms with Crippen molar-refractivity contribution >= 4 is 23.2 Å². The second-order valence-electron chi connectivity index (χ2n) is 12.2. The highest BCUT2D eigenvalue weighted by atomic mass is 16.7. The molecule has 0 saturated carbocycles. The van der Waals surface area contributed by atoms with Crippen molar-refractivity contribution in [2.45, 2.75) is 63.8 Å². The molecular weight excluding hydrogens is 606 g/mol. The van der Waals surface area contributed by atoms with Crippen LogP contribution in [0.4, 0.5) is 11.4 Å². The number of aliphatic hydroxyl groups excluding tert-OH is 1. The zero-order chi connectivity index (χ0) is 33.7. The van der Waals surface area contributed by atoms with E-state index in [0.29, 0.717) is 30.8 Å². The SMILES string of the molecule is CN(CCc1ccccn1)C[C@H]1C[C@@H](c2ccc(CO)cc2)O[C@@H](c2ccc(CNC(=O)CCCC(=O)Nc3ccccc3N)cc2)O1. The Bertz CT molecular complexity index is 1600. The first kappa shape index (κ1) is 34.7. The summed E-state index contributed by atoms with van der Waals surface area (Å²) in [5, 5.41) is 15.2. The number of nitrogens with two attached hydrogens (primary N) is 1. The molecule has 1 saturated heterocycles. The summed E-state index contributed by atoms with van der Waals surface area (Å²) in [6, 6.07) is 28.8. The van der Waals surface area contributed by atoms with Gasteiger partial charge in [0.05, 0.1) is 30.2 Å². The fourth-order valence-corrected chi connectivity index (χ4v) is 5.64. The fourth-order valence-electron chi connectivity index (χ4n) is 5.64. The predicted molar refractivity (Wildman–Crippen MR) is 185 cm³/mol. The molecular formula is C38H45N5O5. The zero-order valence-corrected chi connectivity index (χ0v) is 27.4. The van der Waals surface area contributed by atoms with Gasteiger partial charge in [-0.25, -0.2) is 0 Å². The van der Waals surface area contributed by atoms with Gasteiger partial charge in [0.1, 0.15) is 0 Å². The van der Waals surface area contributed by atoms with Crippen LogP contribution in [0.3, 0.4) is 0 Å². The fraction of sp³-hybridized carbons (Fsp3) is 0.342. The van der Waals surface area contributed by atoms with Gasteiger partial charge in [-0.3, -0.25) is 14.6 Å². The second-order valence-corrected chi connectivity index (χ2v) is 12.2. The van der Waals surface area contributed by atoms with Gasteiger partial charge < -0.3 is 35.8 Å². The first-order valence-corrected chi connectivity index (χ1v) is 16.4. The summed E-state index contributed by atoms with van der Waals surface area (Å²) in [5.41, 5.74) is 11.8. The molecule has 0 radical (unpaired) electrons. The van der Waals surface area contributed by atoms with Gasteiger partial charge in [-0.1, -0.05) is 66.7 Å². The van der Waals surface area contributed by atoms with Crippen LogP contribution in [0.1, 0.15) is 66.0 Å². The van der Waals surface area contributed by atoms with Crippen LogP contribution in [0.15, 0.2) is 97.2 Å². The predicted octanol–water partition coefficient (Wildman–Crippen LogP) is 5.30. The number of aliphatic hydroxyl groups is 1. The van der Waals surface area contributed by atoms with E-state index in [2.05, 4.69) is 27.6 Å². The molecule has 3 atom stereocenters. The largest absolute Gasteiger partial charge is 0.397 e. The van der Waals surface area contributed by atoms with E-state index in [0.717, 1.165) is 47.5 Å². The minimum atomic E-state index is -0.559. The number of aromatic nitrogens is 1. The van der Waals surface area contributed by atoms with Gasteiger partial charge >= 0.3 is 0 Å². The Morgan fingerprint density at radius 1 is 0.896 bits per heavy atom. The topological polar surface area (TPSA) is 139 Å². The number of carbonyl (C=O) groups excluding carboxylic acids is 2. The number of hydrogen-bond acceptors (Lipinski definition) is 8. The maximum Gasteiger partial charge on any atom is 0.224 e. The Hall–Kier alpha value is -4.61. The molecule has 10 heteroatoms. The van der Waals surface area contributed by atoms with Gasteiger partial charge in [0.25, 0.3) is 0 Å². The number of anilines is 2. The van der Waals surface area contributed by atoms with E-state index < -0.39 is 6.29 Å². The molecule has 3 aromatic carbocycles. The number of nitrogens with one attached hydrogen (secondary N) is 2. The lowest BCUT2D eigenvalue weighted by Gasteiger charge is -2.38. The molecule has 0 unspecified atom stereocenters. The van der Waals surface area contributed by atoms with Crippen molar-refractivity contribution in [3.05, 3.63) is 125 Å². The van der Waals surface area contributed by atoms with Gasteiger partial charge in [0.2, 0.25) is 11.8 Å². The number of benzene rings is 3. The van der Waals surface area contributed by atoms with E-state index in [1.165, 1.54) is 0 Å². The monoisotopic (exact) mass is 651 g/mol. The molecule has 1 aliphatic heterocycles. The van der Waals surface area contributed by atoms with Crippen LogP contribution < -0.4 is 16.4 Å². The van der Waals surface area contributed by atoms with Crippen LogP contribution in [0.2, 0.25) is 0 Å². The van der Waals surface area contributed by atoms with E-state index in [9.17, 15) is 14.7 Å². The molecule has 10 nitrogen and oxygen atoms in total. The highest BCUT2D eigenvalue weighted by Gasteiger charge is 2.32. The number of rotatable bonds is 15. The van der Waals surface area contributed by atoms with Crippen molar-refractivity contribution < 1.29 is 24.2 Å². The van der Waals surface area contributed by atoms with Crippen molar-refractivity contribution in [3.8, 4) is 0 Å². The lowest BCUT2D eigenvalue weighted by molar-refractivity contribution is -0.252. The lowest BCUT2D eigenvalue weighted by Crippen LogP contribution is -2.38. The maximum atomic E-state index is 12.5. The highest BCUT2D eigenvalue weighted by Crippen LogP contribution is 2.38. The summed E-state index contributed by atoms with van der Waals surface area (Å²) < 4.78 is 13.0. The van der Waals surface area contributed by atoms with Crippen LogP contribution in [0.5, 0.6) is 0 Å². The van der Waals surface area contributed by atoms with Crippen molar-refractivity contribution in [3.63, 3.8) is 0 Å². The van der Waals surface area contributed by atoms with E-state index >= 15 is 0 Å². The molecule has 2 amide bonds. The Morgan fingerprint density at radius 2 is 1.60 bits per heavy atom. The highest BCUT2D eigenvalue weighted by molar-refractivity contribution is 5.93. The number of hydrogen-bond donors (Lipinski definition) is 4. The molecule has 1 aliphatic rings. The standard InChI is InChI=1S/C38H45N5O5/c1-43(22-20-31-7-4-5-21-40-31)25-32-23-35(29-16-14-28(26-44)15-17-29)48-38(47-32)30-18-12-27(13-19-30)24-41-36(45)10-6-11-37(46)42-34-9-3-2-8-33(34)39/h2-5,7-9,12-19,21,32,35,38,44H,6,10-11,20,22-26,39H2,1H3,(H,41,45)(H,42,46)/t32-,35+,38+/m1/s1. The summed E-state index contributed by atoms with van der Waals surface area (Å²) in [6.07, 6.45) is 3.50. The summed E-state index contributed by atoms with van der Waals surface area (Å²) >= 11 is 0. The number of ether oxygens (including phenoxy) is 2. The summed E-state index contributed by atoms with van der Waals surface area (Å²) in [6.45, 7) is 1.97. The van der Waals surface area contributed by atoms with Crippen molar-refractivity contribution in [1.29, 1.82) is 0 Å². The number of amides is 2. The van der Waals surface area contributed by atoms with Crippen LogP contribution >= 0.6 is 0 Å². The van der Waals surface area contributed by atoms with Gasteiger partial charge in [-0.2, -0.15) is 0 Å². The Balaban J connectivity index is 1.13. The van der Waals surface area contributed by atoms with Crippen LogP contribution in [0.25, 0.3) is 0 Å². The third kappa shape index (κ3) is 10.4. The van der Waals surface area contributed by atoms with Crippen molar-refractivity contribution in [2.24, 2.45) is 0 Å². The maximum absolute atomic E-state index is 12.5. The van der Waals surface area contributed by atoms with Gasteiger partial charge in [0, 0.05) is 62.8 Å². The summed E-state index contributed by atoms with van der Waals surface area (Å²) in [5.74, 6) is -0.290. The van der Waals surface area contributed by atoms with Crippen molar-refractivity contribution in [1.82, 2.24) is 15.2 Å². The molecule has 4 aromatic rings. The smallest absolute Gasteiger partial charge is 0.224 e. The van der Waals surface area contributed by atoms with E-state index in [-0.39, 0.29) is 43.5 Å². The third-order valence-corrected chi connectivity index (χ3v) is 8.39. The molecule has 0 spiro atoms. The molecule has 5 N–H and O–H groups in total. The number of nitrogens with zero attached hydrogens (tertiary/aromatic N) is 2. The molecule has 0 bridgehead atoms. The summed E-state index contributed by atoms with van der Waals surface area (Å²) in [7, 11) is 2.10. The van der Waals surface area contributed by atoms with Gasteiger partial charge in [-0.15, -0.1) is 0 Å².